The Labute approximate surface area is 203 Å². The monoisotopic (exact) mass is 463 g/mol. The van der Waals surface area contributed by atoms with E-state index >= 15 is 0 Å². The molecule has 1 aromatic carbocycles. The molecular formula is C27H37N5O2. The Hall–Kier alpha value is -2.96. The van der Waals surface area contributed by atoms with Crippen LogP contribution in [-0.4, -0.2) is 64.8 Å². The number of hydrogen-bond donors (Lipinski definition) is 1. The fourth-order valence-corrected chi connectivity index (χ4v) is 5.35. The molecule has 4 rings (SSSR count). The lowest BCUT2D eigenvalue weighted by Gasteiger charge is -2.46. The van der Waals surface area contributed by atoms with Gasteiger partial charge in [0.15, 0.2) is 0 Å². The number of aromatic nitrogens is 2. The van der Waals surface area contributed by atoms with Gasteiger partial charge >= 0.3 is 0 Å². The zero-order valence-electron chi connectivity index (χ0n) is 20.9. The molecule has 2 fully saturated rings. The van der Waals surface area contributed by atoms with E-state index in [4.69, 9.17) is 4.98 Å². The lowest BCUT2D eigenvalue weighted by Crippen LogP contribution is -2.54. The summed E-state index contributed by atoms with van der Waals surface area (Å²) >= 11 is 0. The highest BCUT2D eigenvalue weighted by Gasteiger charge is 2.44. The third kappa shape index (κ3) is 5.08. The van der Waals surface area contributed by atoms with Crippen molar-refractivity contribution in [2.24, 2.45) is 5.41 Å². The zero-order valence-corrected chi connectivity index (χ0v) is 20.9. The van der Waals surface area contributed by atoms with Crippen molar-refractivity contribution in [2.45, 2.75) is 58.3 Å². The van der Waals surface area contributed by atoms with Gasteiger partial charge in [-0.25, -0.2) is 9.97 Å². The summed E-state index contributed by atoms with van der Waals surface area (Å²) in [5, 5.41) is 3.12. The molecule has 7 nitrogen and oxygen atoms in total. The maximum Gasteiger partial charge on any atom is 0.228 e. The molecule has 0 unspecified atom stereocenters. The fourth-order valence-electron chi connectivity index (χ4n) is 5.35. The van der Waals surface area contributed by atoms with Crippen LogP contribution < -0.4 is 5.32 Å². The predicted octanol–water partition coefficient (Wildman–Crippen LogP) is 3.58. The molecule has 34 heavy (non-hydrogen) atoms. The van der Waals surface area contributed by atoms with Crippen molar-refractivity contribution in [3.05, 3.63) is 53.5 Å². The zero-order chi connectivity index (χ0) is 24.3. The summed E-state index contributed by atoms with van der Waals surface area (Å²) in [5.74, 6) is 1.91. The van der Waals surface area contributed by atoms with Crippen LogP contribution in [-0.2, 0) is 21.4 Å². The summed E-state index contributed by atoms with van der Waals surface area (Å²) in [7, 11) is 1.86. The van der Waals surface area contributed by atoms with E-state index in [1.165, 1.54) is 0 Å². The number of aryl methyl sites for hydroxylation is 1. The second kappa shape index (κ2) is 9.72. The Morgan fingerprint density at radius 3 is 2.38 bits per heavy atom. The van der Waals surface area contributed by atoms with Crippen LogP contribution >= 0.6 is 0 Å². The molecule has 1 atom stereocenters. The molecule has 1 aromatic heterocycles. The largest absolute Gasteiger partial charge is 0.373 e. The van der Waals surface area contributed by atoms with Crippen molar-refractivity contribution in [3.8, 4) is 0 Å². The van der Waals surface area contributed by atoms with Crippen LogP contribution in [0.2, 0.25) is 0 Å². The molecule has 2 aromatic rings. The number of rotatable bonds is 5. The number of piperidine rings is 2. The molecule has 7 heteroatoms. The molecule has 3 heterocycles. The minimum absolute atomic E-state index is 0.144. The van der Waals surface area contributed by atoms with Crippen molar-refractivity contribution in [1.29, 1.82) is 0 Å². The summed E-state index contributed by atoms with van der Waals surface area (Å²) in [6.07, 6.45) is 3.78. The minimum Gasteiger partial charge on any atom is -0.373 e. The molecule has 2 amide bonds. The Bertz CT molecular complexity index is 1030. The van der Waals surface area contributed by atoms with Crippen LogP contribution in [0.1, 0.15) is 56.6 Å². The van der Waals surface area contributed by atoms with Gasteiger partial charge in [-0.2, -0.15) is 0 Å². The van der Waals surface area contributed by atoms with E-state index in [1.807, 2.05) is 60.2 Å². The van der Waals surface area contributed by atoms with Crippen molar-refractivity contribution >= 4 is 17.6 Å². The highest BCUT2D eigenvalue weighted by atomic mass is 16.2. The molecule has 182 valence electrons. The lowest BCUT2D eigenvalue weighted by atomic mass is 9.75. The first-order valence-electron chi connectivity index (χ1n) is 12.4. The summed E-state index contributed by atoms with van der Waals surface area (Å²) in [6, 6.07) is 11.9. The second-order valence-electron chi connectivity index (χ2n) is 10.4. The molecule has 0 spiro atoms. The standard InChI is InChI=1S/C27H37N5O2/c1-20-29-22(18-23(28-4)30-20)27(3)11-8-14-32(19-27)25(34)26(2)12-15-31(16-13-26)24(33)17-21-9-6-5-7-10-21/h5-7,9-10,18H,8,11-17,19H2,1-4H3,(H,28,29,30)/t27-/m1/s1. The minimum atomic E-state index is -0.431. The molecular weight excluding hydrogens is 426 g/mol. The number of carbonyl (C=O) groups excluding carboxylic acids is 2. The lowest BCUT2D eigenvalue weighted by molar-refractivity contribution is -0.149. The highest BCUT2D eigenvalue weighted by molar-refractivity contribution is 5.84. The summed E-state index contributed by atoms with van der Waals surface area (Å²) in [6.45, 7) is 8.91. The van der Waals surface area contributed by atoms with Crippen LogP contribution in [0, 0.1) is 12.3 Å². The van der Waals surface area contributed by atoms with Gasteiger partial charge in [-0.3, -0.25) is 9.59 Å². The van der Waals surface area contributed by atoms with Gasteiger partial charge < -0.3 is 15.1 Å². The smallest absolute Gasteiger partial charge is 0.228 e. The van der Waals surface area contributed by atoms with Crippen LogP contribution in [0.4, 0.5) is 5.82 Å². The Kier molecular flexibility index (Phi) is 6.91. The van der Waals surface area contributed by atoms with E-state index in [1.54, 1.807) is 0 Å². The Balaban J connectivity index is 1.40. The third-order valence-corrected chi connectivity index (χ3v) is 7.63. The summed E-state index contributed by atoms with van der Waals surface area (Å²) in [4.78, 5) is 39.6. The van der Waals surface area contributed by atoms with Gasteiger partial charge in [0.25, 0.3) is 0 Å². The normalized spacial score (nSPS) is 22.4. The van der Waals surface area contributed by atoms with Gasteiger partial charge in [-0.15, -0.1) is 0 Å². The number of benzene rings is 1. The molecule has 2 saturated heterocycles. The van der Waals surface area contributed by atoms with Gasteiger partial charge in [0.05, 0.1) is 12.1 Å². The first kappa shape index (κ1) is 24.2. The molecule has 0 saturated carbocycles. The molecule has 0 aliphatic carbocycles. The highest BCUT2D eigenvalue weighted by Crippen LogP contribution is 2.38. The van der Waals surface area contributed by atoms with Gasteiger partial charge in [-0.05, 0) is 38.2 Å². The summed E-state index contributed by atoms with van der Waals surface area (Å²) < 4.78 is 0. The Morgan fingerprint density at radius 1 is 1.00 bits per heavy atom. The number of likely N-dealkylation sites (tertiary alicyclic amines) is 2. The predicted molar refractivity (Wildman–Crippen MR) is 134 cm³/mol. The molecule has 0 bridgehead atoms. The Morgan fingerprint density at radius 2 is 1.71 bits per heavy atom. The fraction of sp³-hybridized carbons (Fsp3) is 0.556. The average Bonchev–Trinajstić information content (AvgIpc) is 2.84. The quantitative estimate of drug-likeness (QED) is 0.733. The number of anilines is 1. The van der Waals surface area contributed by atoms with Gasteiger partial charge in [0.2, 0.25) is 11.8 Å². The van der Waals surface area contributed by atoms with Crippen LogP contribution in [0.15, 0.2) is 36.4 Å². The maximum atomic E-state index is 13.7. The van der Waals surface area contributed by atoms with Crippen LogP contribution in [0.3, 0.4) is 0 Å². The third-order valence-electron chi connectivity index (χ3n) is 7.63. The van der Waals surface area contributed by atoms with Gasteiger partial charge in [0.1, 0.15) is 11.6 Å². The van der Waals surface area contributed by atoms with E-state index in [2.05, 4.69) is 24.1 Å². The van der Waals surface area contributed by atoms with Crippen LogP contribution in [0.5, 0.6) is 0 Å². The maximum absolute atomic E-state index is 13.7. The van der Waals surface area contributed by atoms with Gasteiger partial charge in [-0.1, -0.05) is 44.2 Å². The number of nitrogens with zero attached hydrogens (tertiary/aromatic N) is 4. The van der Waals surface area contributed by atoms with Crippen molar-refractivity contribution in [1.82, 2.24) is 19.8 Å². The van der Waals surface area contributed by atoms with E-state index < -0.39 is 5.41 Å². The van der Waals surface area contributed by atoms with E-state index in [0.29, 0.717) is 38.9 Å². The molecule has 2 aliphatic rings. The molecule has 1 N–H and O–H groups in total. The number of amides is 2. The number of hydrogen-bond acceptors (Lipinski definition) is 5. The molecule has 2 aliphatic heterocycles. The van der Waals surface area contributed by atoms with Crippen LogP contribution in [0.25, 0.3) is 0 Å². The first-order valence-corrected chi connectivity index (χ1v) is 12.4. The molecule has 0 radical (unpaired) electrons. The van der Waals surface area contributed by atoms with Crippen molar-refractivity contribution in [3.63, 3.8) is 0 Å². The average molecular weight is 464 g/mol. The van der Waals surface area contributed by atoms with Gasteiger partial charge in [0, 0.05) is 50.1 Å². The first-order chi connectivity index (χ1) is 16.2. The van der Waals surface area contributed by atoms with E-state index in [9.17, 15) is 9.59 Å². The van der Waals surface area contributed by atoms with Crippen molar-refractivity contribution < 1.29 is 9.59 Å². The van der Waals surface area contributed by atoms with E-state index in [-0.39, 0.29) is 17.2 Å². The van der Waals surface area contributed by atoms with E-state index in [0.717, 1.165) is 42.3 Å². The van der Waals surface area contributed by atoms with Crippen molar-refractivity contribution in [2.75, 3.05) is 38.5 Å². The number of carbonyl (C=O) groups is 2. The SMILES string of the molecule is CNc1cc([C@]2(C)CCCN(C(=O)C3(C)CCN(C(=O)Cc4ccccc4)CC3)C2)nc(C)n1. The summed E-state index contributed by atoms with van der Waals surface area (Å²) in [5.41, 5.74) is 1.40. The topological polar surface area (TPSA) is 78.4 Å². The number of nitrogens with one attached hydrogen (secondary N) is 1. The second-order valence-corrected chi connectivity index (χ2v) is 10.4.